The summed E-state index contributed by atoms with van der Waals surface area (Å²) in [5.41, 5.74) is -0.364. The van der Waals surface area contributed by atoms with Crippen molar-refractivity contribution in [3.05, 3.63) is 35.7 Å². The number of anilines is 2. The predicted octanol–water partition coefficient (Wildman–Crippen LogP) is 4.44. The number of alkyl halides is 3. The van der Waals surface area contributed by atoms with Gasteiger partial charge in [-0.15, -0.1) is 0 Å². The van der Waals surface area contributed by atoms with E-state index in [4.69, 9.17) is 4.52 Å². The Labute approximate surface area is 160 Å². The van der Waals surface area contributed by atoms with Crippen molar-refractivity contribution in [3.8, 4) is 0 Å². The molecule has 0 atom stereocenters. The van der Waals surface area contributed by atoms with Crippen LogP contribution in [0.2, 0.25) is 0 Å². The molecule has 0 spiro atoms. The van der Waals surface area contributed by atoms with Gasteiger partial charge in [-0.25, -0.2) is 14.8 Å². The average Bonchev–Trinajstić information content (AvgIpc) is 3.10. The molecule has 1 aliphatic heterocycles. The Kier molecular flexibility index (Phi) is 5.22. The number of urea groups is 1. The summed E-state index contributed by atoms with van der Waals surface area (Å²) in [7, 11) is 0. The molecule has 10 heteroatoms. The van der Waals surface area contributed by atoms with Gasteiger partial charge in [0.2, 0.25) is 5.88 Å². The lowest BCUT2D eigenvalue weighted by Crippen LogP contribution is -2.52. The van der Waals surface area contributed by atoms with Crippen LogP contribution in [-0.4, -0.2) is 34.3 Å². The molecule has 0 radical (unpaired) electrons. The number of pyridine rings is 1. The van der Waals surface area contributed by atoms with Crippen molar-refractivity contribution < 1.29 is 22.5 Å². The Morgan fingerprint density at radius 3 is 2.46 bits per heavy atom. The summed E-state index contributed by atoms with van der Waals surface area (Å²) in [6.07, 6.45) is -2.12. The predicted molar refractivity (Wildman–Crippen MR) is 96.7 cm³/mol. The summed E-state index contributed by atoms with van der Waals surface area (Å²) in [6.45, 7) is 6.79. The van der Waals surface area contributed by atoms with Gasteiger partial charge in [-0.3, -0.25) is 10.3 Å². The number of carbonyl (C=O) groups is 1. The Hall–Kier alpha value is -2.78. The average molecular weight is 397 g/mol. The third-order valence-corrected chi connectivity index (χ3v) is 4.36. The summed E-state index contributed by atoms with van der Waals surface area (Å²) in [5.74, 6) is 0.483. The maximum Gasteiger partial charge on any atom is 0.417 e. The van der Waals surface area contributed by atoms with Gasteiger partial charge in [0.1, 0.15) is 5.82 Å². The van der Waals surface area contributed by atoms with Crippen LogP contribution in [0.15, 0.2) is 28.9 Å². The molecule has 2 aromatic heterocycles. The number of carbonyl (C=O) groups excluding carboxylic acids is 1. The SMILES string of the molecule is CC(C)(C)c1cc(NC(=O)N2CCCCN2c2ccc(C(F)(F)F)cn2)on1. The minimum absolute atomic E-state index is 0.209. The summed E-state index contributed by atoms with van der Waals surface area (Å²) in [4.78, 5) is 16.6. The third kappa shape index (κ3) is 4.37. The fraction of sp³-hybridized carbons (Fsp3) is 0.500. The van der Waals surface area contributed by atoms with Crippen molar-refractivity contribution in [2.45, 2.75) is 45.2 Å². The van der Waals surface area contributed by atoms with Crippen molar-refractivity contribution in [1.29, 1.82) is 0 Å². The highest BCUT2D eigenvalue weighted by Gasteiger charge is 2.32. The monoisotopic (exact) mass is 397 g/mol. The molecule has 1 N–H and O–H groups in total. The molecule has 1 aliphatic rings. The molecule has 1 saturated heterocycles. The molecule has 2 amide bonds. The molecule has 152 valence electrons. The van der Waals surface area contributed by atoms with Crippen molar-refractivity contribution in [3.63, 3.8) is 0 Å². The van der Waals surface area contributed by atoms with E-state index in [1.54, 1.807) is 11.1 Å². The molecular weight excluding hydrogens is 375 g/mol. The lowest BCUT2D eigenvalue weighted by atomic mass is 9.92. The zero-order chi connectivity index (χ0) is 20.5. The number of nitrogens with zero attached hydrogens (tertiary/aromatic N) is 4. The molecule has 0 bridgehead atoms. The smallest absolute Gasteiger partial charge is 0.338 e. The van der Waals surface area contributed by atoms with E-state index in [1.165, 1.54) is 11.1 Å². The van der Waals surface area contributed by atoms with Gasteiger partial charge in [0, 0.05) is 30.8 Å². The second-order valence-electron chi connectivity index (χ2n) is 7.61. The van der Waals surface area contributed by atoms with Crippen LogP contribution >= 0.6 is 0 Å². The van der Waals surface area contributed by atoms with E-state index in [2.05, 4.69) is 15.5 Å². The molecule has 0 unspecified atom stereocenters. The van der Waals surface area contributed by atoms with Crippen LogP contribution < -0.4 is 10.3 Å². The van der Waals surface area contributed by atoms with Crippen LogP contribution in [0.3, 0.4) is 0 Å². The molecule has 0 saturated carbocycles. The highest BCUT2D eigenvalue weighted by atomic mass is 19.4. The summed E-state index contributed by atoms with van der Waals surface area (Å²) >= 11 is 0. The quantitative estimate of drug-likeness (QED) is 0.811. The van der Waals surface area contributed by atoms with Crippen LogP contribution in [0.5, 0.6) is 0 Å². The maximum absolute atomic E-state index is 12.8. The van der Waals surface area contributed by atoms with Gasteiger partial charge >= 0.3 is 12.2 Å². The van der Waals surface area contributed by atoms with Gasteiger partial charge in [0.15, 0.2) is 0 Å². The van der Waals surface area contributed by atoms with E-state index in [-0.39, 0.29) is 17.1 Å². The zero-order valence-electron chi connectivity index (χ0n) is 15.9. The number of hydrazine groups is 1. The van der Waals surface area contributed by atoms with Gasteiger partial charge in [-0.1, -0.05) is 25.9 Å². The van der Waals surface area contributed by atoms with E-state index < -0.39 is 17.8 Å². The second-order valence-corrected chi connectivity index (χ2v) is 7.61. The molecule has 2 aromatic rings. The Balaban J connectivity index is 1.75. The van der Waals surface area contributed by atoms with Gasteiger partial charge in [0.05, 0.1) is 11.3 Å². The topological polar surface area (TPSA) is 74.5 Å². The van der Waals surface area contributed by atoms with Crippen LogP contribution in [-0.2, 0) is 11.6 Å². The highest BCUT2D eigenvalue weighted by molar-refractivity contribution is 5.89. The second kappa shape index (κ2) is 7.33. The molecule has 0 aromatic carbocycles. The standard InChI is InChI=1S/C18H22F3N5O2/c1-17(2,3)13-10-15(28-24-13)23-16(27)26-9-5-4-8-25(26)14-7-6-12(11-22-14)18(19,20)21/h6-7,10-11H,4-5,8-9H2,1-3H3,(H,23,27). The number of rotatable bonds is 2. The number of aromatic nitrogens is 2. The largest absolute Gasteiger partial charge is 0.417 e. The summed E-state index contributed by atoms with van der Waals surface area (Å²) in [6, 6.07) is 3.42. The van der Waals surface area contributed by atoms with Crippen LogP contribution in [0.1, 0.15) is 44.9 Å². The van der Waals surface area contributed by atoms with E-state index in [0.717, 1.165) is 25.1 Å². The van der Waals surface area contributed by atoms with E-state index >= 15 is 0 Å². The van der Waals surface area contributed by atoms with Gasteiger partial charge in [0.25, 0.3) is 0 Å². The molecule has 28 heavy (non-hydrogen) atoms. The molecule has 0 aliphatic carbocycles. The number of amides is 2. The van der Waals surface area contributed by atoms with Crippen LogP contribution in [0.25, 0.3) is 0 Å². The van der Waals surface area contributed by atoms with Crippen molar-refractivity contribution >= 4 is 17.7 Å². The van der Waals surface area contributed by atoms with Crippen LogP contribution in [0, 0.1) is 0 Å². The Bertz CT molecular complexity index is 827. The van der Waals surface area contributed by atoms with Gasteiger partial charge in [-0.2, -0.15) is 13.2 Å². The first-order valence-corrected chi connectivity index (χ1v) is 8.92. The molecule has 3 heterocycles. The van der Waals surface area contributed by atoms with E-state index in [9.17, 15) is 18.0 Å². The number of nitrogens with one attached hydrogen (secondary N) is 1. The fourth-order valence-corrected chi connectivity index (χ4v) is 2.78. The first kappa shape index (κ1) is 20.0. The first-order valence-electron chi connectivity index (χ1n) is 8.92. The lowest BCUT2D eigenvalue weighted by Gasteiger charge is -2.38. The number of hydrogen-bond acceptors (Lipinski definition) is 5. The Morgan fingerprint density at radius 2 is 1.89 bits per heavy atom. The van der Waals surface area contributed by atoms with E-state index in [1.807, 2.05) is 20.8 Å². The van der Waals surface area contributed by atoms with Gasteiger partial charge in [-0.05, 0) is 25.0 Å². The molecule has 3 rings (SSSR count). The van der Waals surface area contributed by atoms with Crippen molar-refractivity contribution in [2.75, 3.05) is 23.4 Å². The van der Waals surface area contributed by atoms with Crippen molar-refractivity contribution in [1.82, 2.24) is 15.1 Å². The Morgan fingerprint density at radius 1 is 1.18 bits per heavy atom. The first-order chi connectivity index (χ1) is 13.1. The molecule has 7 nitrogen and oxygen atoms in total. The van der Waals surface area contributed by atoms with Gasteiger partial charge < -0.3 is 4.52 Å². The maximum atomic E-state index is 12.8. The molecular formula is C18H22F3N5O2. The van der Waals surface area contributed by atoms with E-state index in [0.29, 0.717) is 18.8 Å². The molecule has 1 fully saturated rings. The zero-order valence-corrected chi connectivity index (χ0v) is 15.9. The summed E-state index contributed by atoms with van der Waals surface area (Å²) in [5, 5.41) is 9.59. The number of halogens is 3. The minimum Gasteiger partial charge on any atom is -0.338 e. The highest BCUT2D eigenvalue weighted by Crippen LogP contribution is 2.30. The minimum atomic E-state index is -4.46. The van der Waals surface area contributed by atoms with Crippen molar-refractivity contribution in [2.24, 2.45) is 0 Å². The third-order valence-electron chi connectivity index (χ3n) is 4.36. The summed E-state index contributed by atoms with van der Waals surface area (Å²) < 4.78 is 43.4. The number of hydrogen-bond donors (Lipinski definition) is 1. The normalized spacial score (nSPS) is 15.6. The fourth-order valence-electron chi connectivity index (χ4n) is 2.78. The lowest BCUT2D eigenvalue weighted by molar-refractivity contribution is -0.137. The van der Waals surface area contributed by atoms with Crippen LogP contribution in [0.4, 0.5) is 29.7 Å².